The van der Waals surface area contributed by atoms with E-state index in [4.69, 9.17) is 4.74 Å². The smallest absolute Gasteiger partial charge is 0.148 e. The van der Waals surface area contributed by atoms with Crippen molar-refractivity contribution in [2.45, 2.75) is 51.2 Å². The third-order valence-corrected chi connectivity index (χ3v) is 4.36. The minimum atomic E-state index is -0.317. The second-order valence-electron chi connectivity index (χ2n) is 5.05. The molecule has 4 nitrogen and oxygen atoms in total. The predicted molar refractivity (Wildman–Crippen MR) is 69.3 cm³/mol. The number of hydrogen-bond acceptors (Lipinski definition) is 5. The van der Waals surface area contributed by atoms with Gasteiger partial charge in [-0.2, -0.15) is 0 Å². The molecule has 2 rings (SSSR count). The maximum atomic E-state index is 5.40. The molecule has 0 bridgehead atoms. The van der Waals surface area contributed by atoms with Gasteiger partial charge in [-0.3, -0.25) is 0 Å². The average molecular weight is 255 g/mol. The first-order chi connectivity index (χ1) is 8.12. The van der Waals surface area contributed by atoms with Crippen LogP contribution in [0.25, 0.3) is 0 Å². The molecule has 0 aromatic carbocycles. The second kappa shape index (κ2) is 5.42. The van der Waals surface area contributed by atoms with Gasteiger partial charge in [0.1, 0.15) is 15.6 Å². The molecule has 0 unspecified atom stereocenters. The van der Waals surface area contributed by atoms with Crippen LogP contribution in [-0.2, 0) is 16.8 Å². The van der Waals surface area contributed by atoms with E-state index in [9.17, 15) is 0 Å². The molecule has 1 aromatic heterocycles. The van der Waals surface area contributed by atoms with E-state index in [1.54, 1.807) is 18.4 Å². The van der Waals surface area contributed by atoms with Gasteiger partial charge >= 0.3 is 0 Å². The van der Waals surface area contributed by atoms with Crippen molar-refractivity contribution in [1.29, 1.82) is 0 Å². The maximum Gasteiger partial charge on any atom is 0.148 e. The van der Waals surface area contributed by atoms with Gasteiger partial charge in [0.25, 0.3) is 0 Å². The molecule has 0 radical (unpaired) electrons. The van der Waals surface area contributed by atoms with E-state index in [1.165, 1.54) is 12.8 Å². The first kappa shape index (κ1) is 12.9. The van der Waals surface area contributed by atoms with Gasteiger partial charge in [-0.1, -0.05) is 11.3 Å². The van der Waals surface area contributed by atoms with Crippen LogP contribution in [0.15, 0.2) is 0 Å². The van der Waals surface area contributed by atoms with E-state index in [0.717, 1.165) is 35.4 Å². The summed E-state index contributed by atoms with van der Waals surface area (Å²) in [6.45, 7) is 5.13. The Morgan fingerprint density at radius 1 is 1.41 bits per heavy atom. The summed E-state index contributed by atoms with van der Waals surface area (Å²) in [5.41, 5.74) is -0.317. The fourth-order valence-electron chi connectivity index (χ4n) is 1.52. The molecule has 0 amide bonds. The number of hydrogen-bond donors (Lipinski definition) is 1. The van der Waals surface area contributed by atoms with Crippen LogP contribution >= 0.6 is 11.3 Å². The molecule has 1 fully saturated rings. The van der Waals surface area contributed by atoms with E-state index in [1.807, 2.05) is 13.8 Å². The molecule has 17 heavy (non-hydrogen) atoms. The normalized spacial score (nSPS) is 16.4. The topological polar surface area (TPSA) is 47.0 Å². The maximum absolute atomic E-state index is 5.40. The molecule has 1 saturated carbocycles. The van der Waals surface area contributed by atoms with Gasteiger partial charge in [-0.25, -0.2) is 0 Å². The number of nitrogens with one attached hydrogen (secondary N) is 1. The van der Waals surface area contributed by atoms with E-state index in [0.29, 0.717) is 0 Å². The second-order valence-corrected chi connectivity index (χ2v) is 6.11. The van der Waals surface area contributed by atoms with Crippen LogP contribution in [0.2, 0.25) is 0 Å². The average Bonchev–Trinajstić information content (AvgIpc) is 3.01. The monoisotopic (exact) mass is 255 g/mol. The minimum Gasteiger partial charge on any atom is -0.372 e. The number of rotatable bonds is 7. The van der Waals surface area contributed by atoms with Gasteiger partial charge in [-0.15, -0.1) is 10.2 Å². The summed E-state index contributed by atoms with van der Waals surface area (Å²) < 4.78 is 5.40. The highest BCUT2D eigenvalue weighted by Gasteiger charge is 2.24. The predicted octanol–water partition coefficient (Wildman–Crippen LogP) is 2.10. The molecule has 1 heterocycles. The fraction of sp³-hybridized carbons (Fsp3) is 0.833. The van der Waals surface area contributed by atoms with E-state index >= 15 is 0 Å². The molecule has 96 valence electrons. The van der Waals surface area contributed by atoms with Crippen LogP contribution in [0.5, 0.6) is 0 Å². The summed E-state index contributed by atoms with van der Waals surface area (Å²) in [5, 5.41) is 14.0. The van der Waals surface area contributed by atoms with E-state index in [2.05, 4.69) is 15.5 Å². The van der Waals surface area contributed by atoms with Gasteiger partial charge < -0.3 is 10.1 Å². The zero-order valence-electron chi connectivity index (χ0n) is 10.8. The lowest BCUT2D eigenvalue weighted by molar-refractivity contribution is 0.0185. The molecule has 1 aliphatic carbocycles. The van der Waals surface area contributed by atoms with Gasteiger partial charge in [0, 0.05) is 19.6 Å². The fourth-order valence-corrected chi connectivity index (χ4v) is 2.48. The molecule has 5 heteroatoms. The van der Waals surface area contributed by atoms with Crippen molar-refractivity contribution in [3.05, 3.63) is 10.0 Å². The summed E-state index contributed by atoms with van der Waals surface area (Å²) in [5.74, 6) is 0. The molecule has 0 spiro atoms. The van der Waals surface area contributed by atoms with Gasteiger partial charge in [-0.05, 0) is 39.7 Å². The molecule has 1 aliphatic rings. The molecule has 0 atom stereocenters. The molecular formula is C12H21N3OS. The largest absolute Gasteiger partial charge is 0.372 e. The van der Waals surface area contributed by atoms with Gasteiger partial charge in [0.15, 0.2) is 0 Å². The summed E-state index contributed by atoms with van der Waals surface area (Å²) in [6.07, 6.45) is 4.85. The van der Waals surface area contributed by atoms with Crippen molar-refractivity contribution in [3.8, 4) is 0 Å². The highest BCUT2D eigenvalue weighted by Crippen LogP contribution is 2.27. The Morgan fingerprint density at radius 3 is 2.82 bits per heavy atom. The summed E-state index contributed by atoms with van der Waals surface area (Å²) in [6, 6.07) is 0.799. The summed E-state index contributed by atoms with van der Waals surface area (Å²) >= 11 is 1.66. The SMILES string of the molecule is COC(C)(C)c1nnc(CCCNC2CC2)s1. The zero-order valence-corrected chi connectivity index (χ0v) is 11.6. The number of aromatic nitrogens is 2. The number of ether oxygens (including phenoxy) is 1. The van der Waals surface area contributed by atoms with Gasteiger partial charge in [0.05, 0.1) is 0 Å². The lowest BCUT2D eigenvalue weighted by Gasteiger charge is -2.18. The summed E-state index contributed by atoms with van der Waals surface area (Å²) in [4.78, 5) is 0. The van der Waals surface area contributed by atoms with Crippen molar-refractivity contribution in [1.82, 2.24) is 15.5 Å². The van der Waals surface area contributed by atoms with E-state index in [-0.39, 0.29) is 5.60 Å². The Kier molecular flexibility index (Phi) is 4.12. The van der Waals surface area contributed by atoms with Crippen molar-refractivity contribution < 1.29 is 4.74 Å². The minimum absolute atomic E-state index is 0.317. The Hall–Kier alpha value is -0.520. The van der Waals surface area contributed by atoms with Crippen LogP contribution in [-0.4, -0.2) is 29.9 Å². The first-order valence-corrected chi connectivity index (χ1v) is 7.05. The third kappa shape index (κ3) is 3.72. The van der Waals surface area contributed by atoms with Crippen LogP contribution in [0.4, 0.5) is 0 Å². The van der Waals surface area contributed by atoms with Gasteiger partial charge in [0.2, 0.25) is 0 Å². The number of aryl methyl sites for hydroxylation is 1. The molecule has 0 saturated heterocycles. The highest BCUT2D eigenvalue weighted by atomic mass is 32.1. The van der Waals surface area contributed by atoms with Crippen molar-refractivity contribution in [3.63, 3.8) is 0 Å². The van der Waals surface area contributed by atoms with Crippen LogP contribution < -0.4 is 5.32 Å². The Bertz CT molecular complexity index is 360. The Morgan fingerprint density at radius 2 is 2.18 bits per heavy atom. The molecule has 1 N–H and O–H groups in total. The first-order valence-electron chi connectivity index (χ1n) is 6.23. The summed E-state index contributed by atoms with van der Waals surface area (Å²) in [7, 11) is 1.71. The Labute approximate surface area is 107 Å². The Balaban J connectivity index is 1.76. The number of nitrogens with zero attached hydrogens (tertiary/aromatic N) is 2. The standard InChI is InChI=1S/C12H21N3OS/c1-12(2,16-3)11-15-14-10(17-11)5-4-8-13-9-6-7-9/h9,13H,4-8H2,1-3H3. The molecule has 0 aliphatic heterocycles. The third-order valence-electron chi connectivity index (χ3n) is 3.07. The highest BCUT2D eigenvalue weighted by molar-refractivity contribution is 7.11. The van der Waals surface area contributed by atoms with Crippen LogP contribution in [0, 0.1) is 0 Å². The number of methoxy groups -OCH3 is 1. The van der Waals surface area contributed by atoms with Crippen molar-refractivity contribution >= 4 is 11.3 Å². The lowest BCUT2D eigenvalue weighted by Crippen LogP contribution is -2.18. The van der Waals surface area contributed by atoms with Crippen molar-refractivity contribution in [2.24, 2.45) is 0 Å². The van der Waals surface area contributed by atoms with Crippen LogP contribution in [0.1, 0.15) is 43.1 Å². The van der Waals surface area contributed by atoms with Crippen molar-refractivity contribution in [2.75, 3.05) is 13.7 Å². The van der Waals surface area contributed by atoms with E-state index < -0.39 is 0 Å². The molecule has 1 aromatic rings. The van der Waals surface area contributed by atoms with Crippen LogP contribution in [0.3, 0.4) is 0 Å². The molecular weight excluding hydrogens is 234 g/mol. The lowest BCUT2D eigenvalue weighted by atomic mass is 10.1. The zero-order chi connectivity index (χ0) is 12.3. The quantitative estimate of drug-likeness (QED) is 0.758.